The second-order valence-electron chi connectivity index (χ2n) is 5.20. The lowest BCUT2D eigenvalue weighted by atomic mass is 10.1. The Balaban J connectivity index is 1.95. The number of anilines is 1. The minimum atomic E-state index is 0.230. The van der Waals surface area contributed by atoms with Gasteiger partial charge in [-0.3, -0.25) is 4.99 Å². The first kappa shape index (κ1) is 12.5. The molecule has 4 heteroatoms. The molecule has 1 aromatic carbocycles. The molecule has 2 aliphatic rings. The maximum Gasteiger partial charge on any atom is 0.130 e. The first-order valence-electron chi connectivity index (χ1n) is 7.15. The molecule has 0 spiro atoms. The Hall–Kier alpha value is -1.55. The lowest BCUT2D eigenvalue weighted by Gasteiger charge is -2.28. The number of nitrogens with zero attached hydrogens (tertiary/aromatic N) is 2. The van der Waals surface area contributed by atoms with E-state index in [9.17, 15) is 5.11 Å². The molecule has 0 aromatic heterocycles. The van der Waals surface area contributed by atoms with Crippen molar-refractivity contribution in [3.8, 4) is 0 Å². The van der Waals surface area contributed by atoms with Crippen molar-refractivity contribution in [1.82, 2.24) is 5.32 Å². The fourth-order valence-corrected chi connectivity index (χ4v) is 2.98. The first-order chi connectivity index (χ1) is 9.40. The van der Waals surface area contributed by atoms with Gasteiger partial charge in [0.15, 0.2) is 0 Å². The van der Waals surface area contributed by atoms with E-state index in [0.717, 1.165) is 44.7 Å². The monoisotopic (exact) mass is 259 g/mol. The molecule has 1 fully saturated rings. The van der Waals surface area contributed by atoms with E-state index in [-0.39, 0.29) is 12.6 Å². The van der Waals surface area contributed by atoms with Crippen LogP contribution in [0, 0.1) is 0 Å². The van der Waals surface area contributed by atoms with Crippen molar-refractivity contribution >= 4 is 11.5 Å². The number of hydrogen-bond acceptors (Lipinski definition) is 4. The summed E-state index contributed by atoms with van der Waals surface area (Å²) < 4.78 is 0. The Bertz CT molecular complexity index is 472. The molecule has 2 heterocycles. The molecule has 0 aliphatic carbocycles. The molecule has 0 saturated carbocycles. The zero-order valence-corrected chi connectivity index (χ0v) is 11.2. The van der Waals surface area contributed by atoms with Crippen LogP contribution in [0.2, 0.25) is 0 Å². The highest BCUT2D eigenvalue weighted by molar-refractivity contribution is 6.04. The van der Waals surface area contributed by atoms with Crippen molar-refractivity contribution in [3.63, 3.8) is 0 Å². The van der Waals surface area contributed by atoms with Gasteiger partial charge in [0.25, 0.3) is 0 Å². The van der Waals surface area contributed by atoms with Crippen LogP contribution >= 0.6 is 0 Å². The number of aliphatic imine (C=N–C) groups is 1. The zero-order chi connectivity index (χ0) is 13.1. The molecule has 102 valence electrons. The van der Waals surface area contributed by atoms with Gasteiger partial charge in [0.2, 0.25) is 0 Å². The van der Waals surface area contributed by atoms with Crippen molar-refractivity contribution in [2.75, 3.05) is 31.1 Å². The standard InChI is InChI=1S/C15H21N3O/c19-11-12-5-3-10-18(12)14-7-2-1-6-13(14)15-16-8-4-9-17-15/h1-2,6-7,12,19H,3-5,8-11H2,(H,16,17). The zero-order valence-electron chi connectivity index (χ0n) is 11.2. The summed E-state index contributed by atoms with van der Waals surface area (Å²) in [7, 11) is 0. The molecule has 1 unspecified atom stereocenters. The van der Waals surface area contributed by atoms with Crippen LogP contribution in [-0.4, -0.2) is 43.2 Å². The molecule has 4 nitrogen and oxygen atoms in total. The van der Waals surface area contributed by atoms with Gasteiger partial charge < -0.3 is 15.3 Å². The Morgan fingerprint density at radius 1 is 1.32 bits per heavy atom. The lowest BCUT2D eigenvalue weighted by Crippen LogP contribution is -2.36. The molecule has 1 atom stereocenters. The van der Waals surface area contributed by atoms with E-state index >= 15 is 0 Å². The molecular weight excluding hydrogens is 238 g/mol. The molecular formula is C15H21N3O. The first-order valence-corrected chi connectivity index (χ1v) is 7.15. The summed E-state index contributed by atoms with van der Waals surface area (Å²) in [5, 5.41) is 12.9. The third kappa shape index (κ3) is 2.45. The minimum absolute atomic E-state index is 0.230. The van der Waals surface area contributed by atoms with Gasteiger partial charge in [-0.25, -0.2) is 0 Å². The maximum absolute atomic E-state index is 9.51. The van der Waals surface area contributed by atoms with Crippen LogP contribution in [-0.2, 0) is 0 Å². The highest BCUT2D eigenvalue weighted by Gasteiger charge is 2.26. The van der Waals surface area contributed by atoms with E-state index in [1.54, 1.807) is 0 Å². The van der Waals surface area contributed by atoms with Gasteiger partial charge in [-0.2, -0.15) is 0 Å². The summed E-state index contributed by atoms with van der Waals surface area (Å²) in [6, 6.07) is 8.64. The van der Waals surface area contributed by atoms with Crippen LogP contribution in [0.4, 0.5) is 5.69 Å². The number of benzene rings is 1. The highest BCUT2D eigenvalue weighted by Crippen LogP contribution is 2.29. The summed E-state index contributed by atoms with van der Waals surface area (Å²) >= 11 is 0. The third-order valence-corrected chi connectivity index (χ3v) is 3.95. The van der Waals surface area contributed by atoms with Gasteiger partial charge >= 0.3 is 0 Å². The van der Waals surface area contributed by atoms with Crippen molar-refractivity contribution in [3.05, 3.63) is 29.8 Å². The third-order valence-electron chi connectivity index (χ3n) is 3.95. The Morgan fingerprint density at radius 3 is 3.00 bits per heavy atom. The molecule has 0 bridgehead atoms. The van der Waals surface area contributed by atoms with Crippen LogP contribution in [0.3, 0.4) is 0 Å². The SMILES string of the molecule is OCC1CCCN1c1ccccc1C1=NCCCN1. The number of rotatable bonds is 3. The Kier molecular flexibility index (Phi) is 3.69. The highest BCUT2D eigenvalue weighted by atomic mass is 16.3. The molecule has 2 N–H and O–H groups in total. The van der Waals surface area contributed by atoms with Gasteiger partial charge in [0.05, 0.1) is 12.6 Å². The summed E-state index contributed by atoms with van der Waals surface area (Å²) in [6.07, 6.45) is 3.33. The van der Waals surface area contributed by atoms with E-state index in [2.05, 4.69) is 39.5 Å². The number of aliphatic hydroxyl groups is 1. The predicted molar refractivity (Wildman–Crippen MR) is 77.9 cm³/mol. The number of amidine groups is 1. The van der Waals surface area contributed by atoms with Gasteiger partial charge in [0.1, 0.15) is 5.84 Å². The second kappa shape index (κ2) is 5.61. The average Bonchev–Trinajstić information content (AvgIpc) is 2.96. The van der Waals surface area contributed by atoms with Gasteiger partial charge in [-0.1, -0.05) is 12.1 Å². The number of nitrogens with one attached hydrogen (secondary N) is 1. The predicted octanol–water partition coefficient (Wildman–Crippen LogP) is 1.39. The fourth-order valence-electron chi connectivity index (χ4n) is 2.98. The maximum atomic E-state index is 9.51. The van der Waals surface area contributed by atoms with E-state index in [0.29, 0.717) is 0 Å². The second-order valence-corrected chi connectivity index (χ2v) is 5.20. The van der Waals surface area contributed by atoms with Crippen LogP contribution in [0.15, 0.2) is 29.3 Å². The van der Waals surface area contributed by atoms with E-state index in [1.165, 1.54) is 11.3 Å². The average molecular weight is 259 g/mol. The van der Waals surface area contributed by atoms with Crippen molar-refractivity contribution in [2.45, 2.75) is 25.3 Å². The molecule has 0 amide bonds. The van der Waals surface area contributed by atoms with Crippen LogP contribution in [0.5, 0.6) is 0 Å². The van der Waals surface area contributed by atoms with Gasteiger partial charge in [-0.05, 0) is 31.4 Å². The van der Waals surface area contributed by atoms with Crippen molar-refractivity contribution in [1.29, 1.82) is 0 Å². The summed E-state index contributed by atoms with van der Waals surface area (Å²) in [4.78, 5) is 6.93. The number of aliphatic hydroxyl groups excluding tert-OH is 1. The van der Waals surface area contributed by atoms with Gasteiger partial charge in [-0.15, -0.1) is 0 Å². The quantitative estimate of drug-likeness (QED) is 0.862. The number of hydrogen-bond donors (Lipinski definition) is 2. The number of para-hydroxylation sites is 1. The molecule has 3 rings (SSSR count). The molecule has 19 heavy (non-hydrogen) atoms. The van der Waals surface area contributed by atoms with Crippen LogP contribution < -0.4 is 10.2 Å². The Morgan fingerprint density at radius 2 is 2.21 bits per heavy atom. The summed E-state index contributed by atoms with van der Waals surface area (Å²) in [5.41, 5.74) is 2.37. The summed E-state index contributed by atoms with van der Waals surface area (Å²) in [5.74, 6) is 1.01. The normalized spacial score (nSPS) is 23.1. The van der Waals surface area contributed by atoms with Crippen molar-refractivity contribution < 1.29 is 5.11 Å². The minimum Gasteiger partial charge on any atom is -0.394 e. The molecule has 1 saturated heterocycles. The fraction of sp³-hybridized carbons (Fsp3) is 0.533. The molecule has 1 aromatic rings. The van der Waals surface area contributed by atoms with Crippen LogP contribution in [0.1, 0.15) is 24.8 Å². The van der Waals surface area contributed by atoms with E-state index in [1.807, 2.05) is 0 Å². The molecule has 0 radical (unpaired) electrons. The van der Waals surface area contributed by atoms with Crippen molar-refractivity contribution in [2.24, 2.45) is 4.99 Å². The molecule has 2 aliphatic heterocycles. The largest absolute Gasteiger partial charge is 0.394 e. The van der Waals surface area contributed by atoms with E-state index < -0.39 is 0 Å². The van der Waals surface area contributed by atoms with E-state index in [4.69, 9.17) is 0 Å². The van der Waals surface area contributed by atoms with Gasteiger partial charge in [0, 0.05) is 30.9 Å². The Labute approximate surface area is 114 Å². The topological polar surface area (TPSA) is 47.9 Å². The smallest absolute Gasteiger partial charge is 0.130 e. The van der Waals surface area contributed by atoms with Crippen LogP contribution in [0.25, 0.3) is 0 Å². The summed E-state index contributed by atoms with van der Waals surface area (Å²) in [6.45, 7) is 3.15. The lowest BCUT2D eigenvalue weighted by molar-refractivity contribution is 0.266.